The van der Waals surface area contributed by atoms with Crippen molar-refractivity contribution in [2.24, 2.45) is 0 Å². The minimum absolute atomic E-state index is 0.120. The molecule has 0 bridgehead atoms. The van der Waals surface area contributed by atoms with Crippen molar-refractivity contribution in [2.75, 3.05) is 79.3 Å². The predicted octanol–water partition coefficient (Wildman–Crippen LogP) is 8.90. The van der Waals surface area contributed by atoms with Gasteiger partial charge in [-0.15, -0.1) is 0 Å². The van der Waals surface area contributed by atoms with Crippen LogP contribution in [0.4, 0.5) is 0 Å². The second-order valence-corrected chi connectivity index (χ2v) is 18.4. The van der Waals surface area contributed by atoms with Crippen molar-refractivity contribution in [3.63, 3.8) is 0 Å². The standard InChI is InChI=1S/C36H74O8Si/c1-7-8-9-10-11-12-13-14-15-16-17-18-19-20-21-22-35(37)43-33-31-41-29-27-39-25-23-38-24-26-40-28-30-42-32-34-44-45(5,6)36(2,3)4/h7-34H2,1-6H3. The third kappa shape index (κ3) is 31.8. The highest BCUT2D eigenvalue weighted by Crippen LogP contribution is 2.36. The van der Waals surface area contributed by atoms with Gasteiger partial charge in [0.05, 0.1) is 72.7 Å². The third-order valence-electron chi connectivity index (χ3n) is 8.46. The van der Waals surface area contributed by atoms with Crippen LogP contribution in [0.15, 0.2) is 0 Å². The number of ether oxygens (including phenoxy) is 6. The zero-order valence-electron chi connectivity index (χ0n) is 30.6. The fraction of sp³-hybridized carbons (Fsp3) is 0.972. The molecule has 0 aromatic heterocycles. The van der Waals surface area contributed by atoms with E-state index in [-0.39, 0.29) is 11.0 Å². The molecule has 0 fully saturated rings. The van der Waals surface area contributed by atoms with Crippen LogP contribution < -0.4 is 0 Å². The molecule has 0 spiro atoms. The fourth-order valence-corrected chi connectivity index (χ4v) is 5.51. The van der Waals surface area contributed by atoms with E-state index in [9.17, 15) is 4.79 Å². The molecule has 9 heteroatoms. The normalized spacial score (nSPS) is 12.2. The smallest absolute Gasteiger partial charge is 0.305 e. The summed E-state index contributed by atoms with van der Waals surface area (Å²) in [7, 11) is -1.69. The fourth-order valence-electron chi connectivity index (χ4n) is 4.48. The Bertz CT molecular complexity index is 627. The maximum atomic E-state index is 11.9. The third-order valence-corrected chi connectivity index (χ3v) is 13.0. The van der Waals surface area contributed by atoms with Gasteiger partial charge < -0.3 is 32.8 Å². The highest BCUT2D eigenvalue weighted by atomic mass is 28.4. The first kappa shape index (κ1) is 44.4. The number of carbonyl (C=O) groups is 1. The van der Waals surface area contributed by atoms with Crippen LogP contribution in [0.25, 0.3) is 0 Å². The maximum Gasteiger partial charge on any atom is 0.305 e. The van der Waals surface area contributed by atoms with Crippen molar-refractivity contribution in [1.29, 1.82) is 0 Å². The Kier molecular flexibility index (Phi) is 31.6. The first-order valence-corrected chi connectivity index (χ1v) is 21.3. The average molecular weight is 663 g/mol. The molecule has 0 N–H and O–H groups in total. The van der Waals surface area contributed by atoms with E-state index in [2.05, 4.69) is 40.8 Å². The van der Waals surface area contributed by atoms with Crippen molar-refractivity contribution in [3.8, 4) is 0 Å². The van der Waals surface area contributed by atoms with Crippen LogP contribution >= 0.6 is 0 Å². The number of hydrogen-bond acceptors (Lipinski definition) is 8. The molecule has 0 aliphatic carbocycles. The van der Waals surface area contributed by atoms with Crippen molar-refractivity contribution in [1.82, 2.24) is 0 Å². The summed E-state index contributed by atoms with van der Waals surface area (Å²) in [6.45, 7) is 19.6. The molecule has 0 radical (unpaired) electrons. The molecule has 0 aliphatic rings. The van der Waals surface area contributed by atoms with Gasteiger partial charge in [-0.1, -0.05) is 118 Å². The number of unbranched alkanes of at least 4 members (excludes halogenated alkanes) is 14. The second-order valence-electron chi connectivity index (χ2n) is 13.6. The minimum atomic E-state index is -1.69. The molecule has 0 heterocycles. The van der Waals surface area contributed by atoms with Crippen LogP contribution in [0, 0.1) is 0 Å². The van der Waals surface area contributed by atoms with Crippen molar-refractivity contribution in [2.45, 2.75) is 149 Å². The monoisotopic (exact) mass is 663 g/mol. The minimum Gasteiger partial charge on any atom is -0.463 e. The number of esters is 1. The Balaban J connectivity index is 3.22. The van der Waals surface area contributed by atoms with Gasteiger partial charge in [0.15, 0.2) is 8.32 Å². The molecule has 45 heavy (non-hydrogen) atoms. The van der Waals surface area contributed by atoms with Crippen molar-refractivity contribution < 1.29 is 37.6 Å². The summed E-state index contributed by atoms with van der Waals surface area (Å²) in [5.74, 6) is -0.120. The van der Waals surface area contributed by atoms with Gasteiger partial charge in [-0.25, -0.2) is 0 Å². The predicted molar refractivity (Wildman–Crippen MR) is 188 cm³/mol. The summed E-state index contributed by atoms with van der Waals surface area (Å²) in [6, 6.07) is 0. The topological polar surface area (TPSA) is 81.7 Å². The number of hydrogen-bond donors (Lipinski definition) is 0. The number of rotatable bonds is 35. The van der Waals surface area contributed by atoms with Crippen molar-refractivity contribution >= 4 is 14.3 Å². The SMILES string of the molecule is CCCCCCCCCCCCCCCCCC(=O)OCCOCCOCCOCCOCCOCCO[Si](C)(C)C(C)(C)C. The quantitative estimate of drug-likeness (QED) is 0.0378. The molecule has 0 atom stereocenters. The highest BCUT2D eigenvalue weighted by Gasteiger charge is 2.36. The Morgan fingerprint density at radius 3 is 1.13 bits per heavy atom. The summed E-state index contributed by atoms with van der Waals surface area (Å²) in [4.78, 5) is 11.9. The van der Waals surface area contributed by atoms with E-state index in [1.165, 1.54) is 83.5 Å². The van der Waals surface area contributed by atoms with Gasteiger partial charge in [-0.05, 0) is 24.6 Å². The lowest BCUT2D eigenvalue weighted by molar-refractivity contribution is -0.145. The Labute approximate surface area is 279 Å². The van der Waals surface area contributed by atoms with Crippen molar-refractivity contribution in [3.05, 3.63) is 0 Å². The first-order valence-electron chi connectivity index (χ1n) is 18.4. The zero-order chi connectivity index (χ0) is 33.3. The molecule has 0 saturated carbocycles. The van der Waals surface area contributed by atoms with E-state index < -0.39 is 8.32 Å². The Morgan fingerprint density at radius 2 is 0.778 bits per heavy atom. The van der Waals surface area contributed by atoms with Gasteiger partial charge in [-0.3, -0.25) is 4.79 Å². The molecule has 0 aromatic rings. The van der Waals surface area contributed by atoms with Gasteiger partial charge in [0, 0.05) is 6.42 Å². The molecule has 0 rings (SSSR count). The van der Waals surface area contributed by atoms with E-state index >= 15 is 0 Å². The second kappa shape index (κ2) is 32.0. The summed E-state index contributed by atoms with van der Waals surface area (Å²) in [6.07, 6.45) is 20.3. The Morgan fingerprint density at radius 1 is 0.467 bits per heavy atom. The van der Waals surface area contributed by atoms with Gasteiger partial charge >= 0.3 is 5.97 Å². The van der Waals surface area contributed by atoms with Gasteiger partial charge in [0.2, 0.25) is 0 Å². The van der Waals surface area contributed by atoms with E-state index in [0.717, 1.165) is 12.8 Å². The summed E-state index contributed by atoms with van der Waals surface area (Å²) in [5.41, 5.74) is 0. The van der Waals surface area contributed by atoms with Crippen LogP contribution in [-0.2, 0) is 37.6 Å². The summed E-state index contributed by atoms with van der Waals surface area (Å²) < 4.78 is 38.9. The summed E-state index contributed by atoms with van der Waals surface area (Å²) in [5, 5.41) is 0.220. The largest absolute Gasteiger partial charge is 0.463 e. The van der Waals surface area contributed by atoms with Gasteiger partial charge in [0.25, 0.3) is 0 Å². The lowest BCUT2D eigenvalue weighted by Gasteiger charge is -2.36. The van der Waals surface area contributed by atoms with E-state index in [1.807, 2.05) is 0 Å². The molecule has 0 aromatic carbocycles. The lowest BCUT2D eigenvalue weighted by Crippen LogP contribution is -2.41. The van der Waals surface area contributed by atoms with E-state index in [0.29, 0.717) is 85.7 Å². The van der Waals surface area contributed by atoms with E-state index in [4.69, 9.17) is 32.8 Å². The van der Waals surface area contributed by atoms with Crippen LogP contribution in [0.5, 0.6) is 0 Å². The molecule has 0 saturated heterocycles. The van der Waals surface area contributed by atoms with Gasteiger partial charge in [0.1, 0.15) is 6.61 Å². The van der Waals surface area contributed by atoms with Crippen LogP contribution in [0.2, 0.25) is 18.1 Å². The van der Waals surface area contributed by atoms with Gasteiger partial charge in [-0.2, -0.15) is 0 Å². The molecular formula is C36H74O8Si. The lowest BCUT2D eigenvalue weighted by atomic mass is 10.0. The zero-order valence-corrected chi connectivity index (χ0v) is 31.6. The highest BCUT2D eigenvalue weighted by molar-refractivity contribution is 6.74. The number of carbonyl (C=O) groups excluding carboxylic acids is 1. The molecule has 0 unspecified atom stereocenters. The summed E-state index contributed by atoms with van der Waals surface area (Å²) >= 11 is 0. The molecule has 0 aliphatic heterocycles. The molecule has 270 valence electrons. The van der Waals surface area contributed by atoms with Crippen LogP contribution in [0.1, 0.15) is 130 Å². The average Bonchev–Trinajstić information content (AvgIpc) is 2.99. The maximum absolute atomic E-state index is 11.9. The van der Waals surface area contributed by atoms with Crippen LogP contribution in [-0.4, -0.2) is 93.6 Å². The first-order chi connectivity index (χ1) is 21.7. The van der Waals surface area contributed by atoms with E-state index in [1.54, 1.807) is 0 Å². The molecule has 0 amide bonds. The van der Waals surface area contributed by atoms with Crippen LogP contribution in [0.3, 0.4) is 0 Å². The Hall–Kier alpha value is -0.553. The molecular weight excluding hydrogens is 588 g/mol. The molecule has 8 nitrogen and oxygen atoms in total.